The quantitative estimate of drug-likeness (QED) is 0.108. The van der Waals surface area contributed by atoms with Crippen molar-refractivity contribution < 1.29 is 29.3 Å². The summed E-state index contributed by atoms with van der Waals surface area (Å²) in [4.78, 5) is 46.4. The van der Waals surface area contributed by atoms with E-state index in [9.17, 15) is 24.6 Å². The molecule has 4 fully saturated rings. The Morgan fingerprint density at radius 3 is 2.22 bits per heavy atom. The third-order valence-electron chi connectivity index (χ3n) is 17.4. The van der Waals surface area contributed by atoms with Gasteiger partial charge < -0.3 is 25.6 Å². The number of aliphatic carboxylic acids is 1. The number of rotatable bonds is 12. The highest BCUT2D eigenvalue weighted by Crippen LogP contribution is 2.77. The predicted octanol–water partition coefficient (Wildman–Crippen LogP) is 9.61. The number of carboxylic acids is 1. The number of carbonyl (C=O) groups is 3. The minimum atomic E-state index is -1.18. The lowest BCUT2D eigenvalue weighted by molar-refractivity contribution is -0.234. The zero-order valence-electron chi connectivity index (χ0n) is 38.2. The molecule has 6 rings (SSSR count). The Hall–Kier alpha value is -3.30. The lowest BCUT2D eigenvalue weighted by atomic mass is 9.33. The van der Waals surface area contributed by atoms with E-state index >= 15 is 0 Å². The van der Waals surface area contributed by atoms with Gasteiger partial charge in [-0.25, -0.2) is 0 Å². The summed E-state index contributed by atoms with van der Waals surface area (Å²) in [6.45, 7) is 27.3. The number of fused-ring (bicyclic) bond motifs is 7. The molecule has 9 atom stereocenters. The van der Waals surface area contributed by atoms with Gasteiger partial charge in [0.2, 0.25) is 0 Å². The molecule has 59 heavy (non-hydrogen) atoms. The number of amidine groups is 1. The number of hydrogen-bond acceptors (Lipinski definition) is 7. The van der Waals surface area contributed by atoms with Gasteiger partial charge in [0.25, 0.3) is 0 Å². The zero-order valence-corrected chi connectivity index (χ0v) is 38.2. The lowest BCUT2D eigenvalue weighted by Gasteiger charge is -2.72. The number of hydrogen-bond donors (Lipinski definition) is 3. The highest BCUT2D eigenvalue weighted by Gasteiger charge is 2.71. The molecular formula is C50H75N3O6. The average molecular weight is 814 g/mol. The Kier molecular flexibility index (Phi) is 12.2. The minimum Gasteiger partial charge on any atom is -0.481 e. The first-order valence-corrected chi connectivity index (χ1v) is 22.6. The summed E-state index contributed by atoms with van der Waals surface area (Å²) in [6.07, 6.45) is 7.16. The van der Waals surface area contributed by atoms with Crippen LogP contribution in [-0.4, -0.2) is 64.5 Å². The number of esters is 1. The fourth-order valence-corrected chi connectivity index (χ4v) is 14.1. The van der Waals surface area contributed by atoms with Crippen LogP contribution in [0.3, 0.4) is 0 Å². The van der Waals surface area contributed by atoms with Crippen molar-refractivity contribution in [3.63, 3.8) is 0 Å². The van der Waals surface area contributed by atoms with Crippen LogP contribution in [0.15, 0.2) is 47.0 Å². The number of ether oxygens (including phenoxy) is 1. The third kappa shape index (κ3) is 7.06. The molecule has 0 bridgehead atoms. The molecule has 1 aromatic carbocycles. The van der Waals surface area contributed by atoms with Crippen molar-refractivity contribution in [1.82, 2.24) is 4.90 Å². The minimum absolute atomic E-state index is 0.00991. The topological polar surface area (TPSA) is 143 Å². The molecule has 5 aliphatic carbocycles. The van der Waals surface area contributed by atoms with Crippen LogP contribution in [-0.2, 0) is 25.7 Å². The molecule has 0 aromatic heterocycles. The molecule has 326 valence electrons. The molecule has 4 N–H and O–H groups in total. The fourth-order valence-electron chi connectivity index (χ4n) is 14.1. The van der Waals surface area contributed by atoms with Crippen LogP contribution >= 0.6 is 0 Å². The van der Waals surface area contributed by atoms with Gasteiger partial charge in [-0.05, 0) is 134 Å². The summed E-state index contributed by atoms with van der Waals surface area (Å²) in [5, 5.41) is 22.7. The number of aliphatic hydroxyl groups excluding tert-OH is 1. The maximum Gasteiger partial charge on any atom is 0.309 e. The number of aliphatic hydroxyl groups is 1. The van der Waals surface area contributed by atoms with Crippen molar-refractivity contribution in [2.24, 2.45) is 66.9 Å². The fraction of sp³-hybridized carbons (Fsp3) is 0.720. The zero-order chi connectivity index (χ0) is 43.7. The van der Waals surface area contributed by atoms with Crippen molar-refractivity contribution in [2.45, 2.75) is 159 Å². The number of nitrogens with two attached hydrogens (primary N) is 1. The van der Waals surface area contributed by atoms with Crippen LogP contribution < -0.4 is 5.73 Å². The van der Waals surface area contributed by atoms with E-state index in [4.69, 9.17) is 15.5 Å². The second kappa shape index (κ2) is 15.9. The van der Waals surface area contributed by atoms with Gasteiger partial charge in [0.1, 0.15) is 18.0 Å². The molecule has 9 heteroatoms. The summed E-state index contributed by atoms with van der Waals surface area (Å²) < 4.78 is 6.20. The molecule has 0 saturated heterocycles. The van der Waals surface area contributed by atoms with Crippen LogP contribution in [0, 0.1) is 56.2 Å². The number of benzene rings is 1. The van der Waals surface area contributed by atoms with E-state index in [-0.39, 0.29) is 51.8 Å². The Balaban J connectivity index is 1.33. The van der Waals surface area contributed by atoms with E-state index in [0.29, 0.717) is 43.6 Å². The maximum absolute atomic E-state index is 14.5. The first-order valence-electron chi connectivity index (χ1n) is 22.6. The summed E-state index contributed by atoms with van der Waals surface area (Å²) in [5.74, 6) is 0.302. The molecule has 5 aliphatic rings. The van der Waals surface area contributed by atoms with Gasteiger partial charge in [0, 0.05) is 43.1 Å². The standard InChI is InChI=1S/C50H75N3O6/c1-13-26-53(31(4)33-16-14-32(29-51)15-17-33)43(52-12)42(56)50-25-24-48(10)34(41(50)40(30(2)3)35(54)27-50)18-19-37-47(9)22-21-38(59-39(55)28-45(5,6)44(57)58)46(7,8)36(47)20-23-49(37,48)11/h14-17,30,34,36-38,42,56H,4,13,18-29,51H2,1-3,5-12H3,(H,57,58)/t34?,36-,37+,38?,42+,47?,48+,49+,50+/m0/s1. The number of Topliss-reactive ketones (excluding diaryl/α,β-unsaturated/α-hetero) is 1. The molecule has 9 nitrogen and oxygen atoms in total. The largest absolute Gasteiger partial charge is 0.481 e. The van der Waals surface area contributed by atoms with E-state index in [0.717, 1.165) is 73.8 Å². The van der Waals surface area contributed by atoms with Gasteiger partial charge in [0.05, 0.1) is 11.8 Å². The van der Waals surface area contributed by atoms with Gasteiger partial charge >= 0.3 is 11.9 Å². The number of allylic oxidation sites excluding steroid dienone is 1. The first kappa shape index (κ1) is 45.2. The Labute approximate surface area is 354 Å². The number of aliphatic imine (C=N–C) groups is 1. The van der Waals surface area contributed by atoms with Crippen LogP contribution in [0.1, 0.15) is 151 Å². The SMILES string of the molecule is C=C(c1ccc(CN)cc1)N(CCC)C(=NC)[C@@H](O)[C@@]12CC[C@]3(C)C(CC[C@@H]4C5(C)CCC(OC(=O)CC(C)(C)C(=O)O)C(C)(C)[C@@H]5CC[C@]43C)C1=C(C(C)C)C(=O)C2. The molecule has 4 saturated carbocycles. The van der Waals surface area contributed by atoms with Gasteiger partial charge in [0.15, 0.2) is 5.78 Å². The first-order chi connectivity index (χ1) is 27.5. The van der Waals surface area contributed by atoms with E-state index in [1.165, 1.54) is 5.57 Å². The van der Waals surface area contributed by atoms with Crippen molar-refractivity contribution >= 4 is 29.3 Å². The maximum atomic E-state index is 14.5. The molecule has 0 aliphatic heterocycles. The van der Waals surface area contributed by atoms with Gasteiger partial charge in [-0.15, -0.1) is 0 Å². The van der Waals surface area contributed by atoms with Crippen LogP contribution in [0.5, 0.6) is 0 Å². The van der Waals surface area contributed by atoms with Crippen molar-refractivity contribution in [3.8, 4) is 0 Å². The number of carbonyl (C=O) groups excluding carboxylic acids is 2. The molecule has 1 aromatic rings. The van der Waals surface area contributed by atoms with E-state index < -0.39 is 28.9 Å². The summed E-state index contributed by atoms with van der Waals surface area (Å²) in [6, 6.07) is 8.12. The number of carboxylic acid groups (broad SMARTS) is 1. The third-order valence-corrected chi connectivity index (χ3v) is 17.4. The van der Waals surface area contributed by atoms with Gasteiger partial charge in [-0.2, -0.15) is 0 Å². The van der Waals surface area contributed by atoms with Crippen molar-refractivity contribution in [2.75, 3.05) is 13.6 Å². The van der Waals surface area contributed by atoms with Crippen molar-refractivity contribution in [1.29, 1.82) is 0 Å². The molecule has 0 amide bonds. The highest BCUT2D eigenvalue weighted by atomic mass is 16.5. The monoisotopic (exact) mass is 814 g/mol. The lowest BCUT2D eigenvalue weighted by Crippen LogP contribution is -2.66. The van der Waals surface area contributed by atoms with Crippen molar-refractivity contribution in [3.05, 3.63) is 53.1 Å². The Morgan fingerprint density at radius 2 is 1.64 bits per heavy atom. The van der Waals surface area contributed by atoms with E-state index in [2.05, 4.69) is 66.9 Å². The van der Waals surface area contributed by atoms with Crippen LogP contribution in [0.4, 0.5) is 0 Å². The number of nitrogens with zero attached hydrogens (tertiary/aromatic N) is 2. The normalized spacial score (nSPS) is 34.7. The Bertz CT molecular complexity index is 1890. The van der Waals surface area contributed by atoms with Crippen LogP contribution in [0.25, 0.3) is 5.70 Å². The molecule has 3 unspecified atom stereocenters. The van der Waals surface area contributed by atoms with Gasteiger partial charge in [-0.3, -0.25) is 19.4 Å². The smallest absolute Gasteiger partial charge is 0.309 e. The summed E-state index contributed by atoms with van der Waals surface area (Å²) >= 11 is 0. The van der Waals surface area contributed by atoms with E-state index in [1.807, 2.05) is 24.3 Å². The van der Waals surface area contributed by atoms with Crippen LogP contribution in [0.2, 0.25) is 0 Å². The molecule has 0 heterocycles. The highest BCUT2D eigenvalue weighted by molar-refractivity contribution is 6.03. The molecule has 0 spiro atoms. The number of ketones is 1. The Morgan fingerprint density at radius 1 is 0.983 bits per heavy atom. The summed E-state index contributed by atoms with van der Waals surface area (Å²) in [5.41, 5.74) is 8.55. The average Bonchev–Trinajstić information content (AvgIpc) is 3.48. The van der Waals surface area contributed by atoms with Gasteiger partial charge in [-0.1, -0.05) is 86.2 Å². The predicted molar refractivity (Wildman–Crippen MR) is 235 cm³/mol. The second-order valence-corrected chi connectivity index (χ2v) is 21.5. The molecular weight excluding hydrogens is 739 g/mol. The second-order valence-electron chi connectivity index (χ2n) is 21.5. The summed E-state index contributed by atoms with van der Waals surface area (Å²) in [7, 11) is 1.76. The van der Waals surface area contributed by atoms with E-state index in [1.54, 1.807) is 20.9 Å². The molecule has 0 radical (unpaired) electrons.